The molecular formula is C14H16N6O3S. The minimum atomic E-state index is -0.418. The number of nitrogens with two attached hydrogens (primary N) is 1. The van der Waals surface area contributed by atoms with Crippen LogP contribution in [0.2, 0.25) is 0 Å². The Morgan fingerprint density at radius 2 is 2.08 bits per heavy atom. The number of hydrogen-bond donors (Lipinski definition) is 2. The predicted octanol–water partition coefficient (Wildman–Crippen LogP) is -0.592. The molecule has 3 rings (SSSR count). The highest BCUT2D eigenvalue weighted by molar-refractivity contribution is 8.18. The fraction of sp³-hybridized carbons (Fsp3) is 0.357. The first-order valence-electron chi connectivity index (χ1n) is 7.37. The number of nitrogens with zero attached hydrogens (tertiary/aromatic N) is 4. The van der Waals surface area contributed by atoms with Gasteiger partial charge in [0.05, 0.1) is 17.1 Å². The van der Waals surface area contributed by atoms with Gasteiger partial charge in [0.15, 0.2) is 0 Å². The number of aromatic nitrogens is 2. The Morgan fingerprint density at radius 3 is 2.71 bits per heavy atom. The lowest BCUT2D eigenvalue weighted by molar-refractivity contribution is -0.130. The molecule has 24 heavy (non-hydrogen) atoms. The zero-order valence-electron chi connectivity index (χ0n) is 12.8. The Bertz CT molecular complexity index is 714. The van der Waals surface area contributed by atoms with Gasteiger partial charge in [0.25, 0.3) is 11.1 Å². The predicted molar refractivity (Wildman–Crippen MR) is 89.0 cm³/mol. The summed E-state index contributed by atoms with van der Waals surface area (Å²) in [6.45, 7) is 2.37. The van der Waals surface area contributed by atoms with Gasteiger partial charge in [0.2, 0.25) is 11.9 Å². The van der Waals surface area contributed by atoms with Crippen LogP contribution in [0.4, 0.5) is 10.7 Å². The second kappa shape index (κ2) is 6.97. The zero-order chi connectivity index (χ0) is 17.1. The van der Waals surface area contributed by atoms with Gasteiger partial charge >= 0.3 is 0 Å². The van der Waals surface area contributed by atoms with Crippen LogP contribution >= 0.6 is 11.8 Å². The lowest BCUT2D eigenvalue weighted by Gasteiger charge is -2.34. The molecule has 2 aliphatic heterocycles. The van der Waals surface area contributed by atoms with Crippen molar-refractivity contribution < 1.29 is 14.4 Å². The molecule has 0 aromatic carbocycles. The van der Waals surface area contributed by atoms with Crippen LogP contribution in [-0.2, 0) is 9.59 Å². The molecule has 0 bridgehead atoms. The average molecular weight is 348 g/mol. The van der Waals surface area contributed by atoms with E-state index in [4.69, 9.17) is 5.73 Å². The monoisotopic (exact) mass is 348 g/mol. The minimum Gasteiger partial charge on any atom is -0.338 e. The molecular weight excluding hydrogens is 332 g/mol. The highest BCUT2D eigenvalue weighted by atomic mass is 32.2. The molecule has 9 nitrogen and oxygen atoms in total. The van der Waals surface area contributed by atoms with Crippen LogP contribution in [0.5, 0.6) is 0 Å². The summed E-state index contributed by atoms with van der Waals surface area (Å²) in [5.41, 5.74) is 5.92. The molecule has 3 amide bonds. The van der Waals surface area contributed by atoms with Crippen molar-refractivity contribution in [1.82, 2.24) is 20.2 Å². The van der Waals surface area contributed by atoms with Crippen LogP contribution in [0, 0.1) is 0 Å². The Morgan fingerprint density at radius 1 is 1.33 bits per heavy atom. The van der Waals surface area contributed by atoms with Crippen LogP contribution in [0.15, 0.2) is 17.2 Å². The van der Waals surface area contributed by atoms with E-state index in [1.165, 1.54) is 0 Å². The number of rotatable bonds is 3. The van der Waals surface area contributed by atoms with Gasteiger partial charge in [0.1, 0.15) is 0 Å². The van der Waals surface area contributed by atoms with Crippen molar-refractivity contribution in [1.29, 1.82) is 0 Å². The van der Waals surface area contributed by atoms with Gasteiger partial charge in [-0.05, 0) is 23.9 Å². The number of thioether (sulfide) groups is 1. The summed E-state index contributed by atoms with van der Waals surface area (Å²) in [6, 6.07) is 1.67. The minimum absolute atomic E-state index is 0.0119. The Balaban J connectivity index is 1.70. The molecule has 10 heteroatoms. The molecule has 0 unspecified atom stereocenters. The molecule has 3 N–H and O–H groups in total. The average Bonchev–Trinajstić information content (AvgIpc) is 2.92. The summed E-state index contributed by atoms with van der Waals surface area (Å²) >= 11 is 0.847. The maximum absolute atomic E-state index is 11.6. The van der Waals surface area contributed by atoms with Gasteiger partial charge in [-0.1, -0.05) is 0 Å². The summed E-state index contributed by atoms with van der Waals surface area (Å²) in [5, 5.41) is 1.81. The molecule has 0 spiro atoms. The molecule has 2 aliphatic rings. The topological polar surface area (TPSA) is 122 Å². The molecule has 3 heterocycles. The summed E-state index contributed by atoms with van der Waals surface area (Å²) in [7, 11) is 0. The van der Waals surface area contributed by atoms with E-state index in [-0.39, 0.29) is 17.7 Å². The summed E-state index contributed by atoms with van der Waals surface area (Å²) in [4.78, 5) is 47.0. The number of nitrogens with one attached hydrogen (secondary N) is 1. The van der Waals surface area contributed by atoms with Crippen molar-refractivity contribution in [2.45, 2.75) is 0 Å². The molecule has 1 aromatic rings. The quantitative estimate of drug-likeness (QED) is 0.695. The van der Waals surface area contributed by atoms with E-state index in [9.17, 15) is 14.4 Å². The highest BCUT2D eigenvalue weighted by Crippen LogP contribution is 2.25. The fourth-order valence-corrected chi connectivity index (χ4v) is 3.10. The third-order valence-corrected chi connectivity index (χ3v) is 4.49. The molecule has 2 saturated heterocycles. The highest BCUT2D eigenvalue weighted by Gasteiger charge is 2.25. The van der Waals surface area contributed by atoms with Crippen molar-refractivity contribution in [2.75, 3.05) is 37.6 Å². The zero-order valence-corrected chi connectivity index (χ0v) is 13.6. The van der Waals surface area contributed by atoms with E-state index in [0.29, 0.717) is 42.7 Å². The standard InChI is InChI=1S/C14H16N6O3S/c15-8-11(21)19-3-5-20(6-4-19)13-16-2-1-9(17-13)7-10-12(22)18-14(23)24-10/h1-2,7H,3-6,8,15H2,(H,18,22,23)/b10-7-. The molecule has 0 radical (unpaired) electrons. The van der Waals surface area contributed by atoms with Crippen molar-refractivity contribution in [3.05, 3.63) is 22.9 Å². The largest absolute Gasteiger partial charge is 0.338 e. The van der Waals surface area contributed by atoms with Gasteiger partial charge in [0, 0.05) is 32.4 Å². The summed E-state index contributed by atoms with van der Waals surface area (Å²) in [5.74, 6) is 0.0426. The smallest absolute Gasteiger partial charge is 0.290 e. The number of hydrogen-bond acceptors (Lipinski definition) is 8. The van der Waals surface area contributed by atoms with E-state index < -0.39 is 5.91 Å². The Labute approximate surface area is 142 Å². The number of anilines is 1. The lowest BCUT2D eigenvalue weighted by Crippen LogP contribution is -2.50. The van der Waals surface area contributed by atoms with Gasteiger partial charge < -0.3 is 15.5 Å². The van der Waals surface area contributed by atoms with Crippen LogP contribution in [0.25, 0.3) is 6.08 Å². The van der Waals surface area contributed by atoms with Crippen molar-refractivity contribution >= 4 is 40.8 Å². The number of carbonyl (C=O) groups excluding carboxylic acids is 3. The Hall–Kier alpha value is -2.46. The van der Waals surface area contributed by atoms with Gasteiger partial charge in [-0.2, -0.15) is 0 Å². The van der Waals surface area contributed by atoms with Crippen LogP contribution in [0.3, 0.4) is 0 Å². The number of carbonyl (C=O) groups is 3. The van der Waals surface area contributed by atoms with Crippen molar-refractivity contribution in [2.24, 2.45) is 5.73 Å². The fourth-order valence-electron chi connectivity index (χ4n) is 2.43. The maximum Gasteiger partial charge on any atom is 0.290 e. The van der Waals surface area contributed by atoms with E-state index in [1.807, 2.05) is 4.90 Å². The molecule has 0 aliphatic carbocycles. The lowest BCUT2D eigenvalue weighted by atomic mass is 10.3. The van der Waals surface area contributed by atoms with Crippen LogP contribution in [-0.4, -0.2) is 64.6 Å². The number of imide groups is 1. The van der Waals surface area contributed by atoms with Crippen LogP contribution < -0.4 is 16.0 Å². The van der Waals surface area contributed by atoms with E-state index in [2.05, 4.69) is 15.3 Å². The van der Waals surface area contributed by atoms with Gasteiger partial charge in [-0.15, -0.1) is 0 Å². The van der Waals surface area contributed by atoms with Gasteiger partial charge in [-0.25, -0.2) is 9.97 Å². The third-order valence-electron chi connectivity index (χ3n) is 3.68. The third kappa shape index (κ3) is 3.54. The first-order valence-corrected chi connectivity index (χ1v) is 8.19. The maximum atomic E-state index is 11.6. The first-order chi connectivity index (χ1) is 11.6. The summed E-state index contributed by atoms with van der Waals surface area (Å²) < 4.78 is 0. The summed E-state index contributed by atoms with van der Waals surface area (Å²) in [6.07, 6.45) is 3.16. The normalized spacial score (nSPS) is 19.8. The number of piperazine rings is 1. The Kier molecular flexibility index (Phi) is 4.76. The molecule has 126 valence electrons. The van der Waals surface area contributed by atoms with Crippen LogP contribution in [0.1, 0.15) is 5.69 Å². The molecule has 0 atom stereocenters. The second-order valence-electron chi connectivity index (χ2n) is 5.21. The van der Waals surface area contributed by atoms with Crippen molar-refractivity contribution in [3.63, 3.8) is 0 Å². The van der Waals surface area contributed by atoms with E-state index in [1.54, 1.807) is 23.2 Å². The first kappa shape index (κ1) is 16.4. The SMILES string of the molecule is NCC(=O)N1CCN(c2nccc(/C=C3\SC(=O)NC3=O)n2)CC1. The molecule has 1 aromatic heterocycles. The van der Waals surface area contributed by atoms with Gasteiger partial charge in [-0.3, -0.25) is 19.7 Å². The van der Waals surface area contributed by atoms with E-state index >= 15 is 0 Å². The van der Waals surface area contributed by atoms with Crippen molar-refractivity contribution in [3.8, 4) is 0 Å². The second-order valence-corrected chi connectivity index (χ2v) is 6.22. The molecule has 2 fully saturated rings. The van der Waals surface area contributed by atoms with E-state index in [0.717, 1.165) is 11.8 Å². The molecule has 0 saturated carbocycles. The number of amides is 3.